The maximum absolute atomic E-state index is 14.2. The SMILES string of the molecule is CC(=O)COc1ccccc1CN(Cc1cccc(CN2O[C@@H](CO)[C@@H]([C@H](C)O)[C@H]2C(=O)N[C@H]2C[C@H]3C[C@@H]([C@@H]2C)C3(C)C)c1)[C@@H](CC(C)C)CN(C)C. The largest absolute Gasteiger partial charge is 0.486 e. The lowest BCUT2D eigenvalue weighted by atomic mass is 9.45. The van der Waals surface area contributed by atoms with Gasteiger partial charge in [0.1, 0.15) is 24.5 Å². The number of nitrogens with one attached hydrogen (secondary N) is 1. The van der Waals surface area contributed by atoms with E-state index in [0.717, 1.165) is 41.8 Å². The summed E-state index contributed by atoms with van der Waals surface area (Å²) in [7, 11) is 4.22. The molecule has 294 valence electrons. The zero-order valence-electron chi connectivity index (χ0n) is 33.6. The molecule has 1 heterocycles. The van der Waals surface area contributed by atoms with Gasteiger partial charge in [-0.15, -0.1) is 0 Å². The summed E-state index contributed by atoms with van der Waals surface area (Å²) in [5, 5.41) is 26.3. The second kappa shape index (κ2) is 17.7. The normalized spacial score (nSPS) is 27.8. The van der Waals surface area contributed by atoms with E-state index < -0.39 is 24.2 Å². The van der Waals surface area contributed by atoms with E-state index in [1.54, 1.807) is 12.0 Å². The van der Waals surface area contributed by atoms with Crippen LogP contribution in [0, 0.1) is 35.0 Å². The second-order valence-electron chi connectivity index (χ2n) is 17.6. The number of likely N-dealkylation sites (N-methyl/N-ethyl adjacent to an activating group) is 1. The van der Waals surface area contributed by atoms with Gasteiger partial charge in [0.25, 0.3) is 0 Å². The molecule has 0 radical (unpaired) electrons. The van der Waals surface area contributed by atoms with E-state index in [0.29, 0.717) is 48.7 Å². The number of ketones is 1. The van der Waals surface area contributed by atoms with Crippen molar-refractivity contribution in [3.63, 3.8) is 0 Å². The molecule has 0 unspecified atom stereocenters. The molecule has 1 amide bonds. The molecule has 2 aromatic rings. The first-order valence-corrected chi connectivity index (χ1v) is 19.8. The fraction of sp³-hybridized carbons (Fsp3) is 0.674. The van der Waals surface area contributed by atoms with Crippen LogP contribution in [0.1, 0.15) is 84.4 Å². The van der Waals surface area contributed by atoms with E-state index >= 15 is 0 Å². The fourth-order valence-corrected chi connectivity index (χ4v) is 9.52. The number of aliphatic hydroxyl groups excluding tert-OH is 2. The van der Waals surface area contributed by atoms with Gasteiger partial charge in [-0.3, -0.25) is 19.3 Å². The minimum absolute atomic E-state index is 0.0189. The van der Waals surface area contributed by atoms with Crippen LogP contribution in [0.25, 0.3) is 0 Å². The van der Waals surface area contributed by atoms with Crippen molar-refractivity contribution in [1.82, 2.24) is 20.2 Å². The van der Waals surface area contributed by atoms with E-state index in [1.807, 2.05) is 24.3 Å². The predicted octanol–water partition coefficient (Wildman–Crippen LogP) is 5.29. The number of carbonyl (C=O) groups excluding carboxylic acids is 2. The third-order valence-corrected chi connectivity index (χ3v) is 12.4. The highest BCUT2D eigenvalue weighted by Crippen LogP contribution is 2.61. The second-order valence-corrected chi connectivity index (χ2v) is 17.6. The first-order valence-electron chi connectivity index (χ1n) is 19.8. The van der Waals surface area contributed by atoms with Crippen molar-refractivity contribution in [1.29, 1.82) is 0 Å². The van der Waals surface area contributed by atoms with Gasteiger partial charge < -0.3 is 25.2 Å². The summed E-state index contributed by atoms with van der Waals surface area (Å²) < 4.78 is 5.95. The summed E-state index contributed by atoms with van der Waals surface area (Å²) >= 11 is 0. The van der Waals surface area contributed by atoms with Crippen LogP contribution in [0.2, 0.25) is 0 Å². The average molecular weight is 735 g/mol. The van der Waals surface area contributed by atoms with Gasteiger partial charge in [0.2, 0.25) is 5.91 Å². The molecule has 2 bridgehead atoms. The number of hydrogen-bond donors (Lipinski definition) is 3. The monoisotopic (exact) mass is 734 g/mol. The molecule has 3 aliphatic carbocycles. The molecule has 10 nitrogen and oxygen atoms in total. The quantitative estimate of drug-likeness (QED) is 0.188. The molecule has 10 heteroatoms. The third-order valence-electron chi connectivity index (χ3n) is 12.4. The number of hydrogen-bond acceptors (Lipinski definition) is 9. The summed E-state index contributed by atoms with van der Waals surface area (Å²) in [6.45, 7) is 17.0. The van der Waals surface area contributed by atoms with Gasteiger partial charge in [-0.05, 0) is 93.5 Å². The molecule has 3 N–H and O–H groups in total. The van der Waals surface area contributed by atoms with Crippen molar-refractivity contribution in [3.05, 3.63) is 65.2 Å². The van der Waals surface area contributed by atoms with Crippen LogP contribution in [0.4, 0.5) is 0 Å². The first kappa shape index (κ1) is 41.3. The summed E-state index contributed by atoms with van der Waals surface area (Å²) in [5.74, 6) is 2.03. The number of fused-ring (bicyclic) bond motifs is 2. The van der Waals surface area contributed by atoms with Gasteiger partial charge in [0.15, 0.2) is 5.78 Å². The van der Waals surface area contributed by atoms with Gasteiger partial charge in [-0.25, -0.2) is 0 Å². The van der Waals surface area contributed by atoms with Crippen molar-refractivity contribution in [2.24, 2.45) is 35.0 Å². The predicted molar refractivity (Wildman–Crippen MR) is 208 cm³/mol. The molecule has 1 aliphatic heterocycles. The van der Waals surface area contributed by atoms with E-state index in [9.17, 15) is 19.8 Å². The van der Waals surface area contributed by atoms with Crippen LogP contribution in [0.15, 0.2) is 48.5 Å². The summed E-state index contributed by atoms with van der Waals surface area (Å²) in [6.07, 6.45) is 1.66. The fourth-order valence-electron chi connectivity index (χ4n) is 9.52. The Morgan fingerprint density at radius 2 is 1.77 bits per heavy atom. The number of carbonyl (C=O) groups is 2. The summed E-state index contributed by atoms with van der Waals surface area (Å²) in [5.41, 5.74) is 3.45. The number of hydroxylamine groups is 2. The van der Waals surface area contributed by atoms with Crippen molar-refractivity contribution in [2.45, 2.75) is 118 Å². The van der Waals surface area contributed by atoms with Crippen molar-refractivity contribution >= 4 is 11.7 Å². The molecule has 4 aliphatic rings. The van der Waals surface area contributed by atoms with E-state index in [-0.39, 0.29) is 37.0 Å². The smallest absolute Gasteiger partial charge is 0.240 e. The average Bonchev–Trinajstić information content (AvgIpc) is 3.46. The number of aliphatic hydroxyl groups is 2. The Hall–Kier alpha value is -2.86. The Kier molecular flexibility index (Phi) is 13.8. The number of rotatable bonds is 18. The molecule has 3 saturated carbocycles. The molecule has 0 aromatic heterocycles. The zero-order chi connectivity index (χ0) is 38.6. The van der Waals surface area contributed by atoms with Crippen LogP contribution in [-0.2, 0) is 34.1 Å². The first-order chi connectivity index (χ1) is 25.1. The van der Waals surface area contributed by atoms with Crippen LogP contribution >= 0.6 is 0 Å². The Bertz CT molecular complexity index is 1520. The van der Waals surface area contributed by atoms with Crippen LogP contribution < -0.4 is 10.1 Å². The molecule has 1 saturated heterocycles. The molecular formula is C43H66N4O6. The highest BCUT2D eigenvalue weighted by Gasteiger charge is 2.57. The lowest BCUT2D eigenvalue weighted by Crippen LogP contribution is -2.62. The number of benzene rings is 2. The Morgan fingerprint density at radius 1 is 1.06 bits per heavy atom. The molecule has 4 fully saturated rings. The van der Waals surface area contributed by atoms with E-state index in [4.69, 9.17) is 9.57 Å². The number of ether oxygens (including phenoxy) is 1. The standard InChI is InChI=1S/C43H66N4O6/c1-27(2)17-35(24-45(8)9)46(23-33-15-10-11-16-38(33)52-26-28(3)49)21-31-13-12-14-32(18-31)22-47-41(40(30(5)50)39(25-48)53-47)42(51)44-37-20-34-19-36(29(37)4)43(34,6)7/h10-16,18,27,29-30,34-37,39-41,48,50H,17,19-26H2,1-9H3,(H,44,51)/t29-,30-,34+,35-,36-,37-,39-,40+,41-/m0/s1. The molecule has 6 rings (SSSR count). The molecule has 0 spiro atoms. The van der Waals surface area contributed by atoms with Crippen LogP contribution in [0.5, 0.6) is 5.75 Å². The van der Waals surface area contributed by atoms with Crippen LogP contribution in [0.3, 0.4) is 0 Å². The van der Waals surface area contributed by atoms with Crippen molar-refractivity contribution in [2.75, 3.05) is 33.9 Å². The molecule has 53 heavy (non-hydrogen) atoms. The van der Waals surface area contributed by atoms with E-state index in [1.165, 1.54) is 13.3 Å². The molecule has 2 aromatic carbocycles. The van der Waals surface area contributed by atoms with Gasteiger partial charge in [0.05, 0.1) is 19.3 Å². The Labute approximate surface area is 318 Å². The van der Waals surface area contributed by atoms with E-state index in [2.05, 4.69) is 88.1 Å². The summed E-state index contributed by atoms with van der Waals surface area (Å²) in [4.78, 5) is 37.0. The zero-order valence-corrected chi connectivity index (χ0v) is 33.6. The Balaban J connectivity index is 1.38. The minimum atomic E-state index is -0.846. The van der Waals surface area contributed by atoms with Gasteiger partial charge >= 0.3 is 0 Å². The van der Waals surface area contributed by atoms with Crippen LogP contribution in [-0.4, -0.2) is 101 Å². The lowest BCUT2D eigenvalue weighted by molar-refractivity contribution is -0.183. The highest BCUT2D eigenvalue weighted by molar-refractivity contribution is 5.83. The van der Waals surface area contributed by atoms with Gasteiger partial charge in [-0.1, -0.05) is 77.1 Å². The van der Waals surface area contributed by atoms with Gasteiger partial charge in [-0.2, -0.15) is 5.06 Å². The third kappa shape index (κ3) is 9.88. The van der Waals surface area contributed by atoms with Crippen molar-refractivity contribution in [3.8, 4) is 5.75 Å². The number of nitrogens with zero attached hydrogens (tertiary/aromatic N) is 3. The number of para-hydroxylation sites is 1. The Morgan fingerprint density at radius 3 is 2.40 bits per heavy atom. The van der Waals surface area contributed by atoms with Crippen molar-refractivity contribution < 1.29 is 29.4 Å². The maximum Gasteiger partial charge on any atom is 0.240 e. The minimum Gasteiger partial charge on any atom is -0.486 e. The highest BCUT2D eigenvalue weighted by atomic mass is 16.7. The van der Waals surface area contributed by atoms with Gasteiger partial charge in [0, 0.05) is 43.2 Å². The number of amides is 1. The molecule has 9 atom stereocenters. The molecular weight excluding hydrogens is 668 g/mol. The topological polar surface area (TPSA) is 115 Å². The summed E-state index contributed by atoms with van der Waals surface area (Å²) in [6, 6.07) is 16.0. The maximum atomic E-state index is 14.2. The lowest BCUT2D eigenvalue weighted by Gasteiger charge is -2.62. The number of Topliss-reactive ketones (excluding diaryl/α,β-unsaturated/α-hetero) is 1.